The van der Waals surface area contributed by atoms with Crippen molar-refractivity contribution in [3.63, 3.8) is 0 Å². The van der Waals surface area contributed by atoms with E-state index in [0.717, 1.165) is 5.56 Å². The fourth-order valence-corrected chi connectivity index (χ4v) is 4.87. The Morgan fingerprint density at radius 3 is 2.46 bits per heavy atom. The van der Waals surface area contributed by atoms with Crippen LogP contribution in [-0.2, 0) is 19.6 Å². The van der Waals surface area contributed by atoms with Gasteiger partial charge in [0.25, 0.3) is 0 Å². The molecule has 2 amide bonds. The van der Waals surface area contributed by atoms with Gasteiger partial charge < -0.3 is 10.6 Å². The third kappa shape index (κ3) is 5.72. The van der Waals surface area contributed by atoms with Crippen molar-refractivity contribution in [1.82, 2.24) is 9.21 Å². The van der Waals surface area contributed by atoms with Crippen LogP contribution in [-0.4, -0.2) is 67.1 Å². The van der Waals surface area contributed by atoms with Gasteiger partial charge in [0, 0.05) is 38.4 Å². The van der Waals surface area contributed by atoms with E-state index < -0.39 is 15.9 Å². The van der Waals surface area contributed by atoms with E-state index in [0.29, 0.717) is 38.2 Å². The third-order valence-electron chi connectivity index (χ3n) is 4.17. The van der Waals surface area contributed by atoms with Crippen molar-refractivity contribution < 1.29 is 18.0 Å². The predicted octanol–water partition coefficient (Wildman–Crippen LogP) is 0.827. The van der Waals surface area contributed by atoms with Gasteiger partial charge >= 0.3 is 0 Å². The Hall–Kier alpha value is -1.58. The maximum absolute atomic E-state index is 12.8. The van der Waals surface area contributed by atoms with Crippen molar-refractivity contribution in [1.29, 1.82) is 0 Å². The average molecular weight is 400 g/mol. The molecule has 0 radical (unpaired) electrons. The maximum atomic E-state index is 12.8. The van der Waals surface area contributed by atoms with E-state index in [1.807, 2.05) is 6.92 Å². The summed E-state index contributed by atoms with van der Waals surface area (Å²) in [5, 5.41) is 0. The van der Waals surface area contributed by atoms with E-state index in [1.54, 1.807) is 29.2 Å². The Kier molecular flexibility index (Phi) is 7.48. The van der Waals surface area contributed by atoms with Crippen molar-refractivity contribution >= 4 is 33.6 Å². The van der Waals surface area contributed by atoms with Crippen LogP contribution in [0.15, 0.2) is 29.2 Å². The Bertz CT molecular complexity index is 735. The molecule has 1 heterocycles. The highest BCUT2D eigenvalue weighted by Crippen LogP contribution is 2.18. The van der Waals surface area contributed by atoms with Crippen molar-refractivity contribution in [3.8, 4) is 0 Å². The zero-order valence-electron chi connectivity index (χ0n) is 14.9. The summed E-state index contributed by atoms with van der Waals surface area (Å²) < 4.78 is 27.0. The number of sulfonamides is 1. The van der Waals surface area contributed by atoms with Crippen molar-refractivity contribution in [2.24, 2.45) is 5.73 Å². The second-order valence-electron chi connectivity index (χ2n) is 6.22. The fourth-order valence-electron chi connectivity index (χ4n) is 2.73. The summed E-state index contributed by atoms with van der Waals surface area (Å²) in [4.78, 5) is 25.0. The van der Waals surface area contributed by atoms with E-state index in [1.165, 1.54) is 16.1 Å². The zero-order valence-corrected chi connectivity index (χ0v) is 16.5. The van der Waals surface area contributed by atoms with Crippen molar-refractivity contribution in [3.05, 3.63) is 29.8 Å². The van der Waals surface area contributed by atoms with Crippen LogP contribution >= 0.6 is 11.8 Å². The molecule has 1 saturated heterocycles. The Balaban J connectivity index is 1.91. The number of carbonyl (C=O) groups is 2. The Labute approximate surface area is 159 Å². The summed E-state index contributed by atoms with van der Waals surface area (Å²) in [7, 11) is -3.54. The first-order valence-electron chi connectivity index (χ1n) is 8.51. The van der Waals surface area contributed by atoms with Gasteiger partial charge in [0.15, 0.2) is 0 Å². The van der Waals surface area contributed by atoms with Gasteiger partial charge in [-0.15, -0.1) is 0 Å². The molecule has 0 bridgehead atoms. The smallest absolute Gasteiger partial charge is 0.243 e. The standard InChI is InChI=1S/C17H25N3O4S2/c1-14-3-5-15(6-4-14)26(23,24)20-9-2-8-19(10-11-20)17(22)7-12-25-13-16(18)21/h3-6H,2,7-13H2,1H3,(H2,18,21). The first-order chi connectivity index (χ1) is 12.3. The van der Waals surface area contributed by atoms with E-state index in [4.69, 9.17) is 5.73 Å². The number of amides is 2. The number of thioether (sulfide) groups is 1. The molecule has 0 spiro atoms. The molecule has 26 heavy (non-hydrogen) atoms. The van der Waals surface area contributed by atoms with Crippen LogP contribution in [0.3, 0.4) is 0 Å². The number of hydrogen-bond acceptors (Lipinski definition) is 5. The highest BCUT2D eigenvalue weighted by molar-refractivity contribution is 7.99. The lowest BCUT2D eigenvalue weighted by Crippen LogP contribution is -2.37. The van der Waals surface area contributed by atoms with Gasteiger partial charge in [-0.2, -0.15) is 16.1 Å². The molecule has 7 nitrogen and oxygen atoms in total. The van der Waals surface area contributed by atoms with Gasteiger partial charge in [-0.3, -0.25) is 9.59 Å². The number of nitrogens with zero attached hydrogens (tertiary/aromatic N) is 2. The molecular formula is C17H25N3O4S2. The summed E-state index contributed by atoms with van der Waals surface area (Å²) >= 11 is 1.33. The van der Waals surface area contributed by atoms with Crippen LogP contribution in [0, 0.1) is 6.92 Å². The van der Waals surface area contributed by atoms with Gasteiger partial charge in [-0.25, -0.2) is 8.42 Å². The van der Waals surface area contributed by atoms with Gasteiger partial charge in [0.1, 0.15) is 0 Å². The van der Waals surface area contributed by atoms with Crippen molar-refractivity contribution in [2.45, 2.75) is 24.7 Å². The molecule has 0 aliphatic carbocycles. The zero-order chi connectivity index (χ0) is 19.2. The van der Waals surface area contributed by atoms with Crippen LogP contribution in [0.2, 0.25) is 0 Å². The summed E-state index contributed by atoms with van der Waals surface area (Å²) in [6, 6.07) is 6.80. The lowest BCUT2D eigenvalue weighted by Gasteiger charge is -2.22. The minimum atomic E-state index is -3.54. The highest BCUT2D eigenvalue weighted by Gasteiger charge is 2.28. The average Bonchev–Trinajstić information content (AvgIpc) is 2.85. The van der Waals surface area contributed by atoms with Gasteiger partial charge in [0.05, 0.1) is 10.6 Å². The van der Waals surface area contributed by atoms with Crippen LogP contribution in [0.4, 0.5) is 0 Å². The molecule has 0 saturated carbocycles. The van der Waals surface area contributed by atoms with Crippen LogP contribution < -0.4 is 5.73 Å². The molecule has 144 valence electrons. The number of hydrogen-bond donors (Lipinski definition) is 1. The third-order valence-corrected chi connectivity index (χ3v) is 7.07. The number of carbonyl (C=O) groups excluding carboxylic acids is 2. The highest BCUT2D eigenvalue weighted by atomic mass is 32.2. The van der Waals surface area contributed by atoms with E-state index in [9.17, 15) is 18.0 Å². The summed E-state index contributed by atoms with van der Waals surface area (Å²) in [5.74, 6) is 0.324. The minimum absolute atomic E-state index is 0.0171. The van der Waals surface area contributed by atoms with Gasteiger partial charge in [0.2, 0.25) is 21.8 Å². The van der Waals surface area contributed by atoms with E-state index in [2.05, 4.69) is 0 Å². The molecule has 1 aliphatic heterocycles. The summed E-state index contributed by atoms with van der Waals surface area (Å²) in [6.07, 6.45) is 0.925. The molecular weight excluding hydrogens is 374 g/mol. The molecule has 1 fully saturated rings. The maximum Gasteiger partial charge on any atom is 0.243 e. The number of rotatable bonds is 7. The SMILES string of the molecule is Cc1ccc(S(=O)(=O)N2CCCN(C(=O)CCSCC(N)=O)CC2)cc1. The number of nitrogens with two attached hydrogens (primary N) is 1. The Morgan fingerprint density at radius 2 is 1.81 bits per heavy atom. The second-order valence-corrected chi connectivity index (χ2v) is 9.26. The normalized spacial score (nSPS) is 16.3. The molecule has 2 rings (SSSR count). The molecule has 0 unspecified atom stereocenters. The van der Waals surface area contributed by atoms with Crippen molar-refractivity contribution in [2.75, 3.05) is 37.7 Å². The molecule has 1 aromatic carbocycles. The van der Waals surface area contributed by atoms with E-state index >= 15 is 0 Å². The fraction of sp³-hybridized carbons (Fsp3) is 0.529. The lowest BCUT2D eigenvalue weighted by atomic mass is 10.2. The largest absolute Gasteiger partial charge is 0.369 e. The summed E-state index contributed by atoms with van der Waals surface area (Å²) in [6.45, 7) is 3.52. The predicted molar refractivity (Wildman–Crippen MR) is 102 cm³/mol. The first kappa shape index (κ1) is 20.7. The monoisotopic (exact) mass is 399 g/mol. The molecule has 1 aliphatic rings. The quantitative estimate of drug-likeness (QED) is 0.685. The Morgan fingerprint density at radius 1 is 1.12 bits per heavy atom. The molecule has 1 aromatic rings. The van der Waals surface area contributed by atoms with Gasteiger partial charge in [-0.1, -0.05) is 17.7 Å². The topological polar surface area (TPSA) is 101 Å². The second kappa shape index (κ2) is 9.38. The minimum Gasteiger partial charge on any atom is -0.369 e. The molecule has 0 atom stereocenters. The summed E-state index contributed by atoms with van der Waals surface area (Å²) in [5.41, 5.74) is 6.07. The van der Waals surface area contributed by atoms with Crippen LogP contribution in [0.5, 0.6) is 0 Å². The molecule has 9 heteroatoms. The van der Waals surface area contributed by atoms with Gasteiger partial charge in [-0.05, 0) is 25.5 Å². The number of aryl methyl sites for hydroxylation is 1. The van der Waals surface area contributed by atoms with Crippen LogP contribution in [0.1, 0.15) is 18.4 Å². The number of primary amides is 1. The molecule has 2 N–H and O–H groups in total. The first-order valence-corrected chi connectivity index (χ1v) is 11.1. The lowest BCUT2D eigenvalue weighted by molar-refractivity contribution is -0.130. The van der Waals surface area contributed by atoms with Crippen LogP contribution in [0.25, 0.3) is 0 Å². The number of benzene rings is 1. The molecule has 0 aromatic heterocycles. The van der Waals surface area contributed by atoms with E-state index in [-0.39, 0.29) is 23.1 Å².